The van der Waals surface area contributed by atoms with Crippen molar-refractivity contribution in [2.75, 3.05) is 18.0 Å². The summed E-state index contributed by atoms with van der Waals surface area (Å²) in [5.41, 5.74) is 5.85. The highest BCUT2D eigenvalue weighted by Gasteiger charge is 2.39. The van der Waals surface area contributed by atoms with Gasteiger partial charge in [-0.1, -0.05) is 0 Å². The minimum absolute atomic E-state index is 0.368. The van der Waals surface area contributed by atoms with Gasteiger partial charge < -0.3 is 15.7 Å². The lowest BCUT2D eigenvalue weighted by atomic mass is 9.89. The number of anilines is 1. The maximum atomic E-state index is 13.7. The molecule has 0 saturated carbocycles. The summed E-state index contributed by atoms with van der Waals surface area (Å²) in [4.78, 5) is 23.9. The Labute approximate surface area is 121 Å². The standard InChI is InChI=1S/C15H17FN2O3/c1-15(14(17)21)4-5-18(9-15)12-7-10(2-3-13(19)20)6-11(16)8-12/h2-3,6-8H,4-5,9H2,1H3,(H2,17,21)(H,19,20)/b3-2+. The van der Waals surface area contributed by atoms with E-state index in [1.807, 2.05) is 4.90 Å². The Morgan fingerprint density at radius 3 is 2.71 bits per heavy atom. The van der Waals surface area contributed by atoms with Crippen LogP contribution in [0, 0.1) is 11.2 Å². The number of amides is 1. The molecule has 21 heavy (non-hydrogen) atoms. The maximum Gasteiger partial charge on any atom is 0.328 e. The van der Waals surface area contributed by atoms with Crippen molar-refractivity contribution in [2.24, 2.45) is 11.1 Å². The van der Waals surface area contributed by atoms with Crippen LogP contribution in [0.5, 0.6) is 0 Å². The van der Waals surface area contributed by atoms with Gasteiger partial charge in [-0.05, 0) is 43.2 Å². The van der Waals surface area contributed by atoms with Crippen LogP contribution >= 0.6 is 0 Å². The lowest BCUT2D eigenvalue weighted by molar-refractivity contribution is -0.131. The van der Waals surface area contributed by atoms with Gasteiger partial charge in [0.25, 0.3) is 0 Å². The van der Waals surface area contributed by atoms with Crippen LogP contribution in [0.15, 0.2) is 24.3 Å². The Kier molecular flexibility index (Phi) is 3.97. The molecule has 0 bridgehead atoms. The minimum Gasteiger partial charge on any atom is -0.478 e. The molecule has 1 amide bonds. The zero-order valence-corrected chi connectivity index (χ0v) is 11.7. The monoisotopic (exact) mass is 292 g/mol. The van der Waals surface area contributed by atoms with Crippen molar-refractivity contribution < 1.29 is 19.1 Å². The summed E-state index contributed by atoms with van der Waals surface area (Å²) < 4.78 is 13.7. The molecule has 1 aliphatic rings. The molecule has 1 unspecified atom stereocenters. The molecule has 1 aromatic rings. The van der Waals surface area contributed by atoms with E-state index in [4.69, 9.17) is 10.8 Å². The summed E-state index contributed by atoms with van der Waals surface area (Å²) in [5.74, 6) is -1.92. The quantitative estimate of drug-likeness (QED) is 0.826. The smallest absolute Gasteiger partial charge is 0.328 e. The molecular weight excluding hydrogens is 275 g/mol. The average Bonchev–Trinajstić information content (AvgIpc) is 2.80. The molecule has 1 aliphatic heterocycles. The first kappa shape index (κ1) is 15.0. The molecule has 1 aromatic carbocycles. The third-order valence-electron chi connectivity index (χ3n) is 3.76. The summed E-state index contributed by atoms with van der Waals surface area (Å²) in [6.07, 6.45) is 2.90. The molecule has 0 aromatic heterocycles. The van der Waals surface area contributed by atoms with Gasteiger partial charge in [-0.15, -0.1) is 0 Å². The fourth-order valence-electron chi connectivity index (χ4n) is 2.43. The summed E-state index contributed by atoms with van der Waals surface area (Å²) in [7, 11) is 0. The first-order chi connectivity index (χ1) is 9.80. The Balaban J connectivity index is 2.25. The Hall–Kier alpha value is -2.37. The second-order valence-electron chi connectivity index (χ2n) is 5.51. The largest absolute Gasteiger partial charge is 0.478 e. The number of hydrogen-bond donors (Lipinski definition) is 2. The van der Waals surface area contributed by atoms with Gasteiger partial charge in [0.15, 0.2) is 0 Å². The zero-order valence-electron chi connectivity index (χ0n) is 11.7. The van der Waals surface area contributed by atoms with Crippen LogP contribution in [0.3, 0.4) is 0 Å². The summed E-state index contributed by atoms with van der Waals surface area (Å²) >= 11 is 0. The number of halogens is 1. The average molecular weight is 292 g/mol. The Morgan fingerprint density at radius 2 is 2.14 bits per heavy atom. The van der Waals surface area contributed by atoms with Gasteiger partial charge in [0.05, 0.1) is 5.41 Å². The van der Waals surface area contributed by atoms with Crippen LogP contribution < -0.4 is 10.6 Å². The van der Waals surface area contributed by atoms with Crippen molar-refractivity contribution in [3.05, 3.63) is 35.7 Å². The van der Waals surface area contributed by atoms with Crippen LogP contribution in [0.4, 0.5) is 10.1 Å². The van der Waals surface area contributed by atoms with Crippen molar-refractivity contribution in [1.82, 2.24) is 0 Å². The highest BCUT2D eigenvalue weighted by Crippen LogP contribution is 2.33. The van der Waals surface area contributed by atoms with Crippen molar-refractivity contribution in [3.8, 4) is 0 Å². The number of hydrogen-bond acceptors (Lipinski definition) is 3. The van der Waals surface area contributed by atoms with Crippen molar-refractivity contribution in [1.29, 1.82) is 0 Å². The minimum atomic E-state index is -1.09. The van der Waals surface area contributed by atoms with Crippen LogP contribution in [0.1, 0.15) is 18.9 Å². The summed E-state index contributed by atoms with van der Waals surface area (Å²) in [6, 6.07) is 4.31. The van der Waals surface area contributed by atoms with Gasteiger partial charge in [-0.25, -0.2) is 9.18 Å². The zero-order chi connectivity index (χ0) is 15.6. The van der Waals surface area contributed by atoms with Gasteiger partial charge >= 0.3 is 5.97 Å². The molecule has 1 fully saturated rings. The molecule has 3 N–H and O–H groups in total. The van der Waals surface area contributed by atoms with Gasteiger partial charge in [-0.2, -0.15) is 0 Å². The third kappa shape index (κ3) is 3.39. The molecule has 0 spiro atoms. The second kappa shape index (κ2) is 5.55. The maximum absolute atomic E-state index is 13.7. The number of primary amides is 1. The van der Waals surface area contributed by atoms with E-state index in [1.54, 1.807) is 13.0 Å². The highest BCUT2D eigenvalue weighted by atomic mass is 19.1. The predicted octanol–water partition coefficient (Wildman–Crippen LogP) is 1.63. The number of carbonyl (C=O) groups excluding carboxylic acids is 1. The van der Waals surface area contributed by atoms with Gasteiger partial charge in [0.1, 0.15) is 5.82 Å². The van der Waals surface area contributed by atoms with E-state index >= 15 is 0 Å². The van der Waals surface area contributed by atoms with Crippen molar-refractivity contribution in [3.63, 3.8) is 0 Å². The van der Waals surface area contributed by atoms with Crippen LogP contribution in [0.25, 0.3) is 6.08 Å². The van der Waals surface area contributed by atoms with E-state index in [0.29, 0.717) is 30.8 Å². The van der Waals surface area contributed by atoms with E-state index < -0.39 is 17.2 Å². The number of nitrogens with zero attached hydrogens (tertiary/aromatic N) is 1. The molecule has 1 atom stereocenters. The molecule has 1 saturated heterocycles. The van der Waals surface area contributed by atoms with E-state index in [2.05, 4.69) is 0 Å². The lowest BCUT2D eigenvalue weighted by Crippen LogP contribution is -2.37. The molecule has 5 nitrogen and oxygen atoms in total. The first-order valence-corrected chi connectivity index (χ1v) is 6.57. The van der Waals surface area contributed by atoms with Crippen molar-refractivity contribution >= 4 is 23.6 Å². The number of carbonyl (C=O) groups is 2. The number of benzene rings is 1. The number of carboxylic acids is 1. The SMILES string of the molecule is CC1(C(N)=O)CCN(c2cc(F)cc(/C=C/C(=O)O)c2)C1. The molecule has 112 valence electrons. The van der Waals surface area contributed by atoms with Gasteiger partial charge in [0.2, 0.25) is 5.91 Å². The fraction of sp³-hybridized carbons (Fsp3) is 0.333. The number of rotatable bonds is 4. The third-order valence-corrected chi connectivity index (χ3v) is 3.76. The van der Waals surface area contributed by atoms with E-state index in [9.17, 15) is 14.0 Å². The van der Waals surface area contributed by atoms with Crippen molar-refractivity contribution in [2.45, 2.75) is 13.3 Å². The molecule has 2 rings (SSSR count). The van der Waals surface area contributed by atoms with E-state index in [-0.39, 0.29) is 5.91 Å². The Morgan fingerprint density at radius 1 is 1.43 bits per heavy atom. The normalized spacial score (nSPS) is 21.9. The summed E-state index contributed by atoms with van der Waals surface area (Å²) in [6.45, 7) is 2.82. The van der Waals surface area contributed by atoms with Crippen LogP contribution in [-0.4, -0.2) is 30.1 Å². The number of carboxylic acid groups (broad SMARTS) is 1. The van der Waals surface area contributed by atoms with Crippen LogP contribution in [-0.2, 0) is 9.59 Å². The predicted molar refractivity (Wildman–Crippen MR) is 77.2 cm³/mol. The molecule has 0 aliphatic carbocycles. The second-order valence-corrected chi connectivity index (χ2v) is 5.51. The molecule has 1 heterocycles. The lowest BCUT2D eigenvalue weighted by Gasteiger charge is -2.23. The first-order valence-electron chi connectivity index (χ1n) is 6.57. The highest BCUT2D eigenvalue weighted by molar-refractivity contribution is 5.85. The number of nitrogens with two attached hydrogens (primary N) is 1. The number of aliphatic carboxylic acids is 1. The topological polar surface area (TPSA) is 83.6 Å². The molecule has 0 radical (unpaired) electrons. The van der Waals surface area contributed by atoms with Gasteiger partial charge in [-0.3, -0.25) is 4.79 Å². The van der Waals surface area contributed by atoms with Crippen LogP contribution in [0.2, 0.25) is 0 Å². The van der Waals surface area contributed by atoms with Gasteiger partial charge in [0, 0.05) is 24.9 Å². The molecule has 6 heteroatoms. The summed E-state index contributed by atoms with van der Waals surface area (Å²) in [5, 5.41) is 8.61. The Bertz CT molecular complexity index is 615. The van der Waals surface area contributed by atoms with E-state index in [1.165, 1.54) is 18.2 Å². The molecular formula is C15H17FN2O3. The van der Waals surface area contributed by atoms with E-state index in [0.717, 1.165) is 6.08 Å². The fourth-order valence-corrected chi connectivity index (χ4v) is 2.43.